The number of likely N-dealkylation sites (tertiary alicyclic amines) is 1. The third-order valence-corrected chi connectivity index (χ3v) is 3.28. The van der Waals surface area contributed by atoms with Crippen molar-refractivity contribution in [2.45, 2.75) is 25.8 Å². The van der Waals surface area contributed by atoms with Crippen LogP contribution in [-0.4, -0.2) is 35.6 Å². The van der Waals surface area contributed by atoms with Crippen LogP contribution in [0, 0.1) is 11.3 Å². The Morgan fingerprint density at radius 3 is 2.76 bits per heavy atom. The molecule has 1 N–H and O–H groups in total. The molecule has 0 aromatic carbocycles. The molecule has 1 aliphatic rings. The average Bonchev–Trinajstić information content (AvgIpc) is 2.40. The Morgan fingerprint density at radius 1 is 1.47 bits per heavy atom. The molecule has 4 nitrogen and oxygen atoms in total. The van der Waals surface area contributed by atoms with Gasteiger partial charge in [-0.05, 0) is 31.5 Å². The first-order valence-corrected chi connectivity index (χ1v) is 6.17. The predicted octanol–water partition coefficient (Wildman–Crippen LogP) is 1.85. The summed E-state index contributed by atoms with van der Waals surface area (Å²) >= 11 is 0. The van der Waals surface area contributed by atoms with Crippen LogP contribution in [0.1, 0.15) is 25.5 Å². The zero-order chi connectivity index (χ0) is 12.1. The number of rotatable bonds is 3. The number of hydrogen-bond donors (Lipinski definition) is 1. The lowest BCUT2D eigenvalue weighted by molar-refractivity contribution is 0.229. The van der Waals surface area contributed by atoms with Gasteiger partial charge in [0.2, 0.25) is 0 Å². The molecule has 0 bridgehead atoms. The monoisotopic (exact) mass is 230 g/mol. The van der Waals surface area contributed by atoms with Crippen molar-refractivity contribution in [2.75, 3.05) is 25.0 Å². The topological polar surface area (TPSA) is 52.0 Å². The maximum Gasteiger partial charge on any atom is 0.140 e. The fourth-order valence-corrected chi connectivity index (χ4v) is 2.17. The van der Waals surface area contributed by atoms with Gasteiger partial charge in [-0.2, -0.15) is 5.26 Å². The number of hydrogen-bond acceptors (Lipinski definition) is 4. The van der Waals surface area contributed by atoms with Gasteiger partial charge in [-0.3, -0.25) is 0 Å². The van der Waals surface area contributed by atoms with Crippen molar-refractivity contribution in [1.29, 1.82) is 5.26 Å². The number of nitriles is 1. The number of aromatic nitrogens is 1. The van der Waals surface area contributed by atoms with Gasteiger partial charge in [0.15, 0.2) is 0 Å². The fourth-order valence-electron chi connectivity index (χ4n) is 2.17. The second kappa shape index (κ2) is 5.65. The van der Waals surface area contributed by atoms with E-state index in [1.54, 1.807) is 12.3 Å². The maximum absolute atomic E-state index is 8.67. The van der Waals surface area contributed by atoms with E-state index in [4.69, 9.17) is 5.26 Å². The van der Waals surface area contributed by atoms with Crippen LogP contribution >= 0.6 is 0 Å². The zero-order valence-corrected chi connectivity index (χ0v) is 10.2. The number of anilines is 1. The van der Waals surface area contributed by atoms with E-state index in [1.807, 2.05) is 12.1 Å². The summed E-state index contributed by atoms with van der Waals surface area (Å²) in [6.45, 7) is 5.68. The summed E-state index contributed by atoms with van der Waals surface area (Å²) in [6.07, 6.45) is 4.09. The lowest BCUT2D eigenvalue weighted by Gasteiger charge is -2.31. The Labute approximate surface area is 102 Å². The highest BCUT2D eigenvalue weighted by molar-refractivity contribution is 5.43. The Morgan fingerprint density at radius 2 is 2.24 bits per heavy atom. The van der Waals surface area contributed by atoms with Gasteiger partial charge < -0.3 is 10.2 Å². The first-order valence-electron chi connectivity index (χ1n) is 6.17. The summed E-state index contributed by atoms with van der Waals surface area (Å²) in [5.74, 6) is 0. The van der Waals surface area contributed by atoms with E-state index in [9.17, 15) is 0 Å². The first-order chi connectivity index (χ1) is 8.31. The molecule has 90 valence electrons. The van der Waals surface area contributed by atoms with E-state index in [2.05, 4.69) is 22.1 Å². The molecule has 1 fully saturated rings. The van der Waals surface area contributed by atoms with E-state index in [1.165, 1.54) is 12.8 Å². The van der Waals surface area contributed by atoms with Gasteiger partial charge >= 0.3 is 0 Å². The van der Waals surface area contributed by atoms with Crippen LogP contribution in [-0.2, 0) is 0 Å². The smallest absolute Gasteiger partial charge is 0.140 e. The summed E-state index contributed by atoms with van der Waals surface area (Å²) in [6, 6.07) is 6.24. The van der Waals surface area contributed by atoms with Crippen LogP contribution in [0.15, 0.2) is 18.3 Å². The van der Waals surface area contributed by atoms with Crippen molar-refractivity contribution in [2.24, 2.45) is 0 Å². The average molecular weight is 230 g/mol. The second-order valence-electron chi connectivity index (χ2n) is 4.40. The summed E-state index contributed by atoms with van der Waals surface area (Å²) in [5, 5.41) is 12.1. The number of pyridine rings is 1. The van der Waals surface area contributed by atoms with E-state index in [0.29, 0.717) is 11.7 Å². The van der Waals surface area contributed by atoms with Gasteiger partial charge in [0, 0.05) is 19.1 Å². The normalized spacial score (nSPS) is 17.6. The van der Waals surface area contributed by atoms with Crippen LogP contribution in [0.4, 0.5) is 5.69 Å². The molecule has 1 aromatic heterocycles. The SMILES string of the molecule is CCN1CCC(Nc2ccc(C#N)nc2)CC1. The third kappa shape index (κ3) is 3.18. The lowest BCUT2D eigenvalue weighted by atomic mass is 10.0. The molecule has 0 radical (unpaired) electrons. The van der Waals surface area contributed by atoms with Crippen molar-refractivity contribution in [3.05, 3.63) is 24.0 Å². The minimum absolute atomic E-state index is 0.469. The van der Waals surface area contributed by atoms with Crippen LogP contribution in [0.3, 0.4) is 0 Å². The first kappa shape index (κ1) is 11.9. The molecule has 2 rings (SSSR count). The van der Waals surface area contributed by atoms with Gasteiger partial charge in [0.1, 0.15) is 11.8 Å². The summed E-state index contributed by atoms with van der Waals surface area (Å²) in [5.41, 5.74) is 1.48. The molecule has 1 aliphatic heterocycles. The summed E-state index contributed by atoms with van der Waals surface area (Å²) in [4.78, 5) is 6.53. The lowest BCUT2D eigenvalue weighted by Crippen LogP contribution is -2.38. The van der Waals surface area contributed by atoms with Crippen molar-refractivity contribution >= 4 is 5.69 Å². The van der Waals surface area contributed by atoms with Crippen LogP contribution in [0.2, 0.25) is 0 Å². The Balaban J connectivity index is 1.87. The molecule has 0 unspecified atom stereocenters. The molecular formula is C13H18N4. The summed E-state index contributed by atoms with van der Waals surface area (Å²) < 4.78 is 0. The van der Waals surface area contributed by atoms with Gasteiger partial charge in [0.05, 0.1) is 11.9 Å². The number of nitrogens with one attached hydrogen (secondary N) is 1. The van der Waals surface area contributed by atoms with Gasteiger partial charge in [-0.1, -0.05) is 6.92 Å². The second-order valence-corrected chi connectivity index (χ2v) is 4.40. The quantitative estimate of drug-likeness (QED) is 0.861. The molecule has 0 amide bonds. The largest absolute Gasteiger partial charge is 0.381 e. The van der Waals surface area contributed by atoms with Crippen LogP contribution in [0.5, 0.6) is 0 Å². The highest BCUT2D eigenvalue weighted by Gasteiger charge is 2.17. The predicted molar refractivity (Wildman–Crippen MR) is 67.7 cm³/mol. The molecule has 1 aromatic rings. The van der Waals surface area contributed by atoms with Crippen LogP contribution in [0.25, 0.3) is 0 Å². The van der Waals surface area contributed by atoms with Crippen molar-refractivity contribution in [3.8, 4) is 6.07 Å². The zero-order valence-electron chi connectivity index (χ0n) is 10.2. The molecule has 0 aliphatic carbocycles. The maximum atomic E-state index is 8.67. The Kier molecular flexibility index (Phi) is 3.94. The van der Waals surface area contributed by atoms with Gasteiger partial charge in [-0.25, -0.2) is 4.98 Å². The Hall–Kier alpha value is -1.60. The minimum atomic E-state index is 0.469. The van der Waals surface area contributed by atoms with E-state index in [0.717, 1.165) is 25.3 Å². The number of nitrogens with zero attached hydrogens (tertiary/aromatic N) is 3. The van der Waals surface area contributed by atoms with Gasteiger partial charge in [0.25, 0.3) is 0 Å². The molecule has 4 heteroatoms. The van der Waals surface area contributed by atoms with Crippen molar-refractivity contribution in [3.63, 3.8) is 0 Å². The highest BCUT2D eigenvalue weighted by atomic mass is 15.1. The van der Waals surface area contributed by atoms with Crippen molar-refractivity contribution in [1.82, 2.24) is 9.88 Å². The highest BCUT2D eigenvalue weighted by Crippen LogP contribution is 2.15. The molecule has 0 spiro atoms. The van der Waals surface area contributed by atoms with E-state index in [-0.39, 0.29) is 0 Å². The summed E-state index contributed by atoms with van der Waals surface area (Å²) in [7, 11) is 0. The third-order valence-electron chi connectivity index (χ3n) is 3.28. The molecule has 0 saturated carbocycles. The minimum Gasteiger partial charge on any atom is -0.381 e. The molecule has 0 atom stereocenters. The molecule has 17 heavy (non-hydrogen) atoms. The molecule has 2 heterocycles. The van der Waals surface area contributed by atoms with E-state index < -0.39 is 0 Å². The Bertz CT molecular complexity index is 385. The van der Waals surface area contributed by atoms with Crippen LogP contribution < -0.4 is 5.32 Å². The van der Waals surface area contributed by atoms with E-state index >= 15 is 0 Å². The van der Waals surface area contributed by atoms with Crippen molar-refractivity contribution < 1.29 is 0 Å². The standard InChI is InChI=1S/C13H18N4/c1-2-17-7-5-11(6-8-17)16-13-4-3-12(9-14)15-10-13/h3-4,10-11,16H,2,5-8H2,1H3. The van der Waals surface area contributed by atoms with Gasteiger partial charge in [-0.15, -0.1) is 0 Å². The molecule has 1 saturated heterocycles. The molecular weight excluding hydrogens is 212 g/mol. The fraction of sp³-hybridized carbons (Fsp3) is 0.538. The number of piperidine rings is 1.